The van der Waals surface area contributed by atoms with Gasteiger partial charge in [0, 0.05) is 25.6 Å². The van der Waals surface area contributed by atoms with Gasteiger partial charge in [0.2, 0.25) is 0 Å². The summed E-state index contributed by atoms with van der Waals surface area (Å²) in [5.74, 6) is -0.154. The van der Waals surface area contributed by atoms with Crippen molar-refractivity contribution in [2.45, 2.75) is 12.6 Å². The summed E-state index contributed by atoms with van der Waals surface area (Å²) in [5.41, 5.74) is 1.18. The van der Waals surface area contributed by atoms with E-state index in [0.29, 0.717) is 13.1 Å². The van der Waals surface area contributed by atoms with Crippen LogP contribution in [0.25, 0.3) is 0 Å². The molecule has 0 bridgehead atoms. The second kappa shape index (κ2) is 6.00. The van der Waals surface area contributed by atoms with Gasteiger partial charge in [-0.3, -0.25) is 9.08 Å². The Morgan fingerprint density at radius 1 is 1.32 bits per heavy atom. The van der Waals surface area contributed by atoms with E-state index in [4.69, 9.17) is 4.18 Å². The Morgan fingerprint density at radius 2 is 2.00 bits per heavy atom. The van der Waals surface area contributed by atoms with Crippen molar-refractivity contribution < 1.29 is 17.7 Å². The van der Waals surface area contributed by atoms with Gasteiger partial charge in [-0.25, -0.2) is 0 Å². The van der Waals surface area contributed by atoms with E-state index in [0.717, 1.165) is 12.8 Å². The lowest BCUT2D eigenvalue weighted by molar-refractivity contribution is 0.113. The van der Waals surface area contributed by atoms with Crippen LogP contribution in [0.4, 0.5) is 0 Å². The van der Waals surface area contributed by atoms with E-state index in [1.54, 1.807) is 0 Å². The van der Waals surface area contributed by atoms with Gasteiger partial charge in [0.15, 0.2) is 0 Å². The van der Waals surface area contributed by atoms with E-state index in [1.165, 1.54) is 5.56 Å². The maximum atomic E-state index is 10.9. The summed E-state index contributed by atoms with van der Waals surface area (Å²) in [6.45, 7) is 2.00. The highest BCUT2D eigenvalue weighted by Gasteiger charge is 2.32. The third-order valence-electron chi connectivity index (χ3n) is 3.23. The highest BCUT2D eigenvalue weighted by Crippen LogP contribution is 2.20. The van der Waals surface area contributed by atoms with Crippen molar-refractivity contribution in [3.8, 4) is 0 Å². The van der Waals surface area contributed by atoms with Gasteiger partial charge in [0.05, 0.1) is 19.0 Å². The van der Waals surface area contributed by atoms with E-state index in [-0.39, 0.29) is 12.5 Å². The number of benzene rings is 1. The predicted molar refractivity (Wildman–Crippen MR) is 72.0 cm³/mol. The van der Waals surface area contributed by atoms with Crippen molar-refractivity contribution in [2.24, 2.45) is 5.92 Å². The Morgan fingerprint density at radius 3 is 2.63 bits per heavy atom. The molecule has 1 saturated heterocycles. The van der Waals surface area contributed by atoms with Crippen LogP contribution in [0.2, 0.25) is 0 Å². The van der Waals surface area contributed by atoms with Crippen LogP contribution in [0.1, 0.15) is 5.56 Å². The molecule has 0 aromatic heterocycles. The maximum Gasteiger partial charge on any atom is 0.264 e. The minimum absolute atomic E-state index is 0.0469. The van der Waals surface area contributed by atoms with Crippen molar-refractivity contribution in [1.29, 1.82) is 0 Å². The Balaban J connectivity index is 1.87. The number of aliphatic hydroxyl groups excluding tert-OH is 1. The van der Waals surface area contributed by atoms with Gasteiger partial charge in [-0.15, -0.1) is 0 Å². The molecule has 6 heteroatoms. The van der Waals surface area contributed by atoms with Crippen molar-refractivity contribution in [2.75, 3.05) is 26.0 Å². The molecule has 2 rings (SSSR count). The van der Waals surface area contributed by atoms with Crippen molar-refractivity contribution in [3.05, 3.63) is 35.9 Å². The molecule has 5 nitrogen and oxygen atoms in total. The molecule has 0 amide bonds. The Hall–Kier alpha value is -0.950. The number of β-amino-alcohol motifs (C(OH)–C–C–N with tert-alkyl or cyclic N) is 1. The van der Waals surface area contributed by atoms with Crippen LogP contribution in [0.3, 0.4) is 0 Å². The SMILES string of the molecule is CS(=O)(=O)OC[C@H]1CN(Cc2ccccc2)C[C@@H]1O. The largest absolute Gasteiger partial charge is 0.391 e. The monoisotopic (exact) mass is 285 g/mol. The zero-order valence-corrected chi connectivity index (χ0v) is 11.7. The van der Waals surface area contributed by atoms with Crippen molar-refractivity contribution in [3.63, 3.8) is 0 Å². The topological polar surface area (TPSA) is 66.8 Å². The molecular formula is C13H19NO4S. The van der Waals surface area contributed by atoms with Gasteiger partial charge in [-0.05, 0) is 5.56 Å². The normalized spacial score (nSPS) is 24.7. The molecule has 2 atom stereocenters. The quantitative estimate of drug-likeness (QED) is 0.796. The minimum atomic E-state index is -3.44. The zero-order valence-electron chi connectivity index (χ0n) is 10.9. The van der Waals surface area contributed by atoms with Crippen LogP contribution in [0, 0.1) is 5.92 Å². The fourth-order valence-corrected chi connectivity index (χ4v) is 2.71. The predicted octanol–water partition coefficient (Wildman–Crippen LogP) is 0.455. The summed E-state index contributed by atoms with van der Waals surface area (Å²) in [5, 5.41) is 9.92. The fraction of sp³-hybridized carbons (Fsp3) is 0.538. The summed E-state index contributed by atoms with van der Waals surface area (Å²) in [7, 11) is -3.44. The molecule has 1 aromatic rings. The molecule has 0 unspecified atom stereocenters. The first-order valence-corrected chi connectivity index (χ1v) is 8.04. The van der Waals surface area contributed by atoms with E-state index >= 15 is 0 Å². The average molecular weight is 285 g/mol. The lowest BCUT2D eigenvalue weighted by Crippen LogP contribution is -2.24. The maximum absolute atomic E-state index is 10.9. The van der Waals surface area contributed by atoms with Crippen LogP contribution in [0.15, 0.2) is 30.3 Å². The van der Waals surface area contributed by atoms with E-state index in [1.807, 2.05) is 30.3 Å². The summed E-state index contributed by atoms with van der Waals surface area (Å²) in [6.07, 6.45) is 0.487. The molecular weight excluding hydrogens is 266 g/mol. The molecule has 1 N–H and O–H groups in total. The van der Waals surface area contributed by atoms with Crippen molar-refractivity contribution >= 4 is 10.1 Å². The standard InChI is InChI=1S/C13H19NO4S/c1-19(16,17)18-10-12-8-14(9-13(12)15)7-11-5-3-2-4-6-11/h2-6,12-13,15H,7-10H2,1H3/t12-,13+/m1/s1. The average Bonchev–Trinajstić information content (AvgIpc) is 2.67. The Kier molecular flexibility index (Phi) is 4.57. The molecule has 0 saturated carbocycles. The Bertz CT molecular complexity index is 503. The van der Waals surface area contributed by atoms with Crippen LogP contribution in [-0.4, -0.2) is 50.5 Å². The number of hydrogen-bond donors (Lipinski definition) is 1. The van der Waals surface area contributed by atoms with Gasteiger partial charge in [0.25, 0.3) is 10.1 Å². The van der Waals surface area contributed by atoms with Crippen LogP contribution < -0.4 is 0 Å². The van der Waals surface area contributed by atoms with Gasteiger partial charge >= 0.3 is 0 Å². The van der Waals surface area contributed by atoms with Gasteiger partial charge in [-0.2, -0.15) is 8.42 Å². The lowest BCUT2D eigenvalue weighted by atomic mass is 10.1. The van der Waals surface area contributed by atoms with Gasteiger partial charge in [0.1, 0.15) is 0 Å². The molecule has 1 heterocycles. The number of nitrogens with zero attached hydrogens (tertiary/aromatic N) is 1. The first-order chi connectivity index (χ1) is 8.94. The van der Waals surface area contributed by atoms with E-state index in [2.05, 4.69) is 4.90 Å². The Labute approximate surface area is 113 Å². The third-order valence-corrected chi connectivity index (χ3v) is 3.79. The molecule has 1 aliphatic rings. The molecule has 1 aliphatic heterocycles. The molecule has 19 heavy (non-hydrogen) atoms. The lowest BCUT2D eigenvalue weighted by Gasteiger charge is -2.15. The molecule has 106 valence electrons. The number of hydrogen-bond acceptors (Lipinski definition) is 5. The van der Waals surface area contributed by atoms with Crippen molar-refractivity contribution in [1.82, 2.24) is 4.90 Å². The first-order valence-electron chi connectivity index (χ1n) is 6.23. The first kappa shape index (κ1) is 14.5. The highest BCUT2D eigenvalue weighted by molar-refractivity contribution is 7.85. The second-order valence-electron chi connectivity index (χ2n) is 5.00. The molecule has 0 radical (unpaired) electrons. The van der Waals surface area contributed by atoms with Gasteiger partial charge in [-0.1, -0.05) is 30.3 Å². The number of aliphatic hydroxyl groups is 1. The van der Waals surface area contributed by atoms with E-state index < -0.39 is 16.2 Å². The summed E-state index contributed by atoms with van der Waals surface area (Å²) in [6, 6.07) is 9.99. The fourth-order valence-electron chi connectivity index (χ4n) is 2.29. The number of rotatable bonds is 5. The molecule has 1 aromatic carbocycles. The van der Waals surface area contributed by atoms with Crippen LogP contribution in [0.5, 0.6) is 0 Å². The smallest absolute Gasteiger partial charge is 0.264 e. The van der Waals surface area contributed by atoms with Crippen LogP contribution in [-0.2, 0) is 20.8 Å². The number of likely N-dealkylation sites (tertiary alicyclic amines) is 1. The summed E-state index contributed by atoms with van der Waals surface area (Å²) in [4.78, 5) is 2.11. The minimum Gasteiger partial charge on any atom is -0.391 e. The summed E-state index contributed by atoms with van der Waals surface area (Å²) >= 11 is 0. The molecule has 1 fully saturated rings. The van der Waals surface area contributed by atoms with Crippen LogP contribution >= 0.6 is 0 Å². The summed E-state index contributed by atoms with van der Waals surface area (Å²) < 4.78 is 26.7. The third kappa shape index (κ3) is 4.58. The van der Waals surface area contributed by atoms with E-state index in [9.17, 15) is 13.5 Å². The highest BCUT2D eigenvalue weighted by atomic mass is 32.2. The van der Waals surface area contributed by atoms with Gasteiger partial charge < -0.3 is 5.11 Å². The molecule has 0 spiro atoms. The second-order valence-corrected chi connectivity index (χ2v) is 6.64. The zero-order chi connectivity index (χ0) is 13.9. The molecule has 0 aliphatic carbocycles.